The van der Waals surface area contributed by atoms with Crippen LogP contribution in [0.2, 0.25) is 10.0 Å². The Labute approximate surface area is 133 Å². The van der Waals surface area contributed by atoms with E-state index in [0.29, 0.717) is 22.9 Å². The van der Waals surface area contributed by atoms with Gasteiger partial charge in [-0.1, -0.05) is 54.4 Å². The van der Waals surface area contributed by atoms with Gasteiger partial charge in [0.2, 0.25) is 0 Å². The summed E-state index contributed by atoms with van der Waals surface area (Å²) in [6.07, 6.45) is 0. The lowest BCUT2D eigenvalue weighted by Crippen LogP contribution is -2.13. The minimum Gasteiger partial charge on any atom is -0.487 e. The quantitative estimate of drug-likeness (QED) is 0.821. The van der Waals surface area contributed by atoms with Crippen molar-refractivity contribution in [2.45, 2.75) is 20.1 Å². The molecule has 2 rings (SSSR count). The molecule has 2 aromatic rings. The van der Waals surface area contributed by atoms with Gasteiger partial charge in [-0.25, -0.2) is 4.39 Å². The van der Waals surface area contributed by atoms with E-state index in [1.807, 2.05) is 19.1 Å². The number of benzene rings is 2. The molecule has 0 radical (unpaired) electrons. The Morgan fingerprint density at radius 2 is 1.81 bits per heavy atom. The van der Waals surface area contributed by atoms with Crippen LogP contribution in [0.25, 0.3) is 0 Å². The summed E-state index contributed by atoms with van der Waals surface area (Å²) in [7, 11) is 0. The van der Waals surface area contributed by atoms with E-state index in [1.165, 1.54) is 6.07 Å². The molecule has 0 saturated carbocycles. The maximum Gasteiger partial charge on any atom is 0.142 e. The summed E-state index contributed by atoms with van der Waals surface area (Å²) in [5, 5.41) is 3.83. The van der Waals surface area contributed by atoms with E-state index < -0.39 is 5.82 Å². The third-order valence-electron chi connectivity index (χ3n) is 3.02. The molecule has 0 spiro atoms. The number of ether oxygens (including phenoxy) is 1. The van der Waals surface area contributed by atoms with Crippen molar-refractivity contribution in [2.24, 2.45) is 0 Å². The van der Waals surface area contributed by atoms with E-state index in [-0.39, 0.29) is 11.6 Å². The molecule has 1 N–H and O–H groups in total. The Morgan fingerprint density at radius 1 is 1.10 bits per heavy atom. The average Bonchev–Trinajstić information content (AvgIpc) is 2.48. The van der Waals surface area contributed by atoms with Crippen LogP contribution >= 0.6 is 23.2 Å². The highest BCUT2D eigenvalue weighted by Crippen LogP contribution is 2.30. The van der Waals surface area contributed by atoms with Crippen LogP contribution in [-0.2, 0) is 13.2 Å². The Bertz CT molecular complexity index is 619. The number of hydrogen-bond acceptors (Lipinski definition) is 2. The van der Waals surface area contributed by atoms with Gasteiger partial charge < -0.3 is 10.1 Å². The van der Waals surface area contributed by atoms with Crippen molar-refractivity contribution in [2.75, 3.05) is 6.54 Å². The van der Waals surface area contributed by atoms with Crippen LogP contribution in [0.1, 0.15) is 18.1 Å². The maximum absolute atomic E-state index is 13.4. The molecule has 2 nitrogen and oxygen atoms in total. The first-order chi connectivity index (χ1) is 10.1. The topological polar surface area (TPSA) is 21.3 Å². The molecule has 0 aromatic heterocycles. The Balaban J connectivity index is 2.17. The van der Waals surface area contributed by atoms with E-state index in [4.69, 9.17) is 27.9 Å². The predicted octanol–water partition coefficient (Wildman–Crippen LogP) is 4.82. The highest BCUT2D eigenvalue weighted by Gasteiger charge is 2.11. The summed E-state index contributed by atoms with van der Waals surface area (Å²) in [6.45, 7) is 3.70. The second-order valence-electron chi connectivity index (χ2n) is 4.51. The van der Waals surface area contributed by atoms with Gasteiger partial charge in [0.1, 0.15) is 18.2 Å². The number of rotatable bonds is 6. The van der Waals surface area contributed by atoms with Crippen molar-refractivity contribution in [3.05, 3.63) is 63.4 Å². The van der Waals surface area contributed by atoms with E-state index in [1.54, 1.807) is 18.2 Å². The molecule has 2 aromatic carbocycles. The van der Waals surface area contributed by atoms with Crippen LogP contribution in [-0.4, -0.2) is 6.54 Å². The SMILES string of the molecule is CCNCc1cccc(Cl)c1OCc1cccc(F)c1Cl. The summed E-state index contributed by atoms with van der Waals surface area (Å²) in [5.74, 6) is 0.144. The second kappa shape index (κ2) is 7.64. The molecule has 0 heterocycles. The largest absolute Gasteiger partial charge is 0.487 e. The van der Waals surface area contributed by atoms with Gasteiger partial charge in [0.05, 0.1) is 10.0 Å². The molecular formula is C16H16Cl2FNO. The van der Waals surface area contributed by atoms with Crippen LogP contribution in [0.3, 0.4) is 0 Å². The number of hydrogen-bond donors (Lipinski definition) is 1. The molecular weight excluding hydrogens is 312 g/mol. The molecule has 21 heavy (non-hydrogen) atoms. The third-order valence-corrected chi connectivity index (χ3v) is 3.74. The third kappa shape index (κ3) is 4.10. The van der Waals surface area contributed by atoms with Gasteiger partial charge in [-0.15, -0.1) is 0 Å². The molecule has 0 aliphatic carbocycles. The predicted molar refractivity (Wildman–Crippen MR) is 84.6 cm³/mol. The van der Waals surface area contributed by atoms with Gasteiger partial charge in [-0.2, -0.15) is 0 Å². The van der Waals surface area contributed by atoms with Gasteiger partial charge >= 0.3 is 0 Å². The number of para-hydroxylation sites is 1. The lowest BCUT2D eigenvalue weighted by Gasteiger charge is -2.14. The van der Waals surface area contributed by atoms with E-state index in [0.717, 1.165) is 12.1 Å². The minimum atomic E-state index is -0.454. The highest BCUT2D eigenvalue weighted by molar-refractivity contribution is 6.32. The zero-order valence-electron chi connectivity index (χ0n) is 11.6. The van der Waals surface area contributed by atoms with Gasteiger partial charge in [-0.3, -0.25) is 0 Å². The van der Waals surface area contributed by atoms with Crippen molar-refractivity contribution in [3.8, 4) is 5.75 Å². The first kappa shape index (κ1) is 16.1. The van der Waals surface area contributed by atoms with Crippen LogP contribution < -0.4 is 10.1 Å². The summed E-state index contributed by atoms with van der Waals surface area (Å²) < 4.78 is 19.2. The summed E-state index contributed by atoms with van der Waals surface area (Å²) in [4.78, 5) is 0. The lowest BCUT2D eigenvalue weighted by atomic mass is 10.2. The molecule has 0 fully saturated rings. The minimum absolute atomic E-state index is 0.0813. The molecule has 0 saturated heterocycles. The molecule has 0 bridgehead atoms. The molecule has 5 heteroatoms. The van der Waals surface area contributed by atoms with Crippen molar-refractivity contribution < 1.29 is 9.13 Å². The molecule has 112 valence electrons. The van der Waals surface area contributed by atoms with E-state index in [9.17, 15) is 4.39 Å². The molecule has 0 atom stereocenters. The second-order valence-corrected chi connectivity index (χ2v) is 5.30. The normalized spacial score (nSPS) is 10.7. The Hall–Kier alpha value is -1.29. The van der Waals surface area contributed by atoms with Crippen molar-refractivity contribution in [1.82, 2.24) is 5.32 Å². The fourth-order valence-corrected chi connectivity index (χ4v) is 2.35. The Morgan fingerprint density at radius 3 is 2.57 bits per heavy atom. The number of halogens is 3. The standard InChI is InChI=1S/C16H16Cl2FNO/c1-2-20-9-11-5-3-7-13(17)16(11)21-10-12-6-4-8-14(19)15(12)18/h3-8,20H,2,9-10H2,1H3. The van der Waals surface area contributed by atoms with Crippen LogP contribution in [0, 0.1) is 5.82 Å². The van der Waals surface area contributed by atoms with Gasteiger partial charge in [0.15, 0.2) is 0 Å². The molecule has 0 amide bonds. The highest BCUT2D eigenvalue weighted by atomic mass is 35.5. The summed E-state index contributed by atoms with van der Waals surface area (Å²) >= 11 is 12.1. The smallest absolute Gasteiger partial charge is 0.142 e. The maximum atomic E-state index is 13.4. The average molecular weight is 328 g/mol. The van der Waals surface area contributed by atoms with Crippen LogP contribution in [0.4, 0.5) is 4.39 Å². The number of nitrogens with one attached hydrogen (secondary N) is 1. The Kier molecular flexibility index (Phi) is 5.85. The fraction of sp³-hybridized carbons (Fsp3) is 0.250. The van der Waals surface area contributed by atoms with Crippen molar-refractivity contribution in [3.63, 3.8) is 0 Å². The van der Waals surface area contributed by atoms with E-state index >= 15 is 0 Å². The molecule has 0 aliphatic heterocycles. The fourth-order valence-electron chi connectivity index (χ4n) is 1.92. The first-order valence-electron chi connectivity index (χ1n) is 6.67. The first-order valence-corrected chi connectivity index (χ1v) is 7.43. The van der Waals surface area contributed by atoms with Crippen molar-refractivity contribution >= 4 is 23.2 Å². The molecule has 0 unspecified atom stereocenters. The van der Waals surface area contributed by atoms with Crippen LogP contribution in [0.5, 0.6) is 5.75 Å². The van der Waals surface area contributed by atoms with Gasteiger partial charge in [-0.05, 0) is 18.7 Å². The summed E-state index contributed by atoms with van der Waals surface area (Å²) in [6, 6.07) is 10.2. The lowest BCUT2D eigenvalue weighted by molar-refractivity contribution is 0.302. The zero-order chi connectivity index (χ0) is 15.2. The molecule has 0 aliphatic rings. The van der Waals surface area contributed by atoms with Gasteiger partial charge in [0, 0.05) is 17.7 Å². The van der Waals surface area contributed by atoms with E-state index in [2.05, 4.69) is 5.32 Å². The van der Waals surface area contributed by atoms with Crippen LogP contribution in [0.15, 0.2) is 36.4 Å². The van der Waals surface area contributed by atoms with Gasteiger partial charge in [0.25, 0.3) is 0 Å². The summed E-state index contributed by atoms with van der Waals surface area (Å²) in [5.41, 5.74) is 1.54. The monoisotopic (exact) mass is 327 g/mol. The van der Waals surface area contributed by atoms with Crippen molar-refractivity contribution in [1.29, 1.82) is 0 Å². The zero-order valence-corrected chi connectivity index (χ0v) is 13.1.